The van der Waals surface area contributed by atoms with Crippen LogP contribution in [0.25, 0.3) is 0 Å². The van der Waals surface area contributed by atoms with Crippen molar-refractivity contribution in [3.63, 3.8) is 0 Å². The fraction of sp³-hybridized carbons (Fsp3) is 0.200. The molecule has 1 aliphatic carbocycles. The van der Waals surface area contributed by atoms with Gasteiger partial charge in [0.15, 0.2) is 0 Å². The molecule has 14 heavy (non-hydrogen) atoms. The van der Waals surface area contributed by atoms with Gasteiger partial charge in [-0.15, -0.1) is 0 Å². The Labute approximate surface area is 80.6 Å². The van der Waals surface area contributed by atoms with Crippen molar-refractivity contribution in [3.8, 4) is 0 Å². The SMILES string of the molecule is O=CC1=CC2C=C(C(=O)O)NC2C=C1. The van der Waals surface area contributed by atoms with E-state index >= 15 is 0 Å². The third-order valence-corrected chi connectivity index (χ3v) is 2.34. The van der Waals surface area contributed by atoms with Gasteiger partial charge in [0, 0.05) is 11.5 Å². The number of carboxylic acid groups (broad SMARTS) is 1. The number of nitrogens with one attached hydrogen (secondary N) is 1. The first-order valence-corrected chi connectivity index (χ1v) is 4.27. The third-order valence-electron chi connectivity index (χ3n) is 2.34. The summed E-state index contributed by atoms with van der Waals surface area (Å²) in [5.74, 6) is -0.986. The number of hydrogen-bond donors (Lipinski definition) is 2. The highest BCUT2D eigenvalue weighted by Crippen LogP contribution is 2.24. The molecular formula is C10H9NO3. The topological polar surface area (TPSA) is 66.4 Å². The van der Waals surface area contributed by atoms with Crippen LogP contribution in [0.5, 0.6) is 0 Å². The lowest BCUT2D eigenvalue weighted by atomic mass is 9.94. The molecule has 4 heteroatoms. The van der Waals surface area contributed by atoms with E-state index in [4.69, 9.17) is 5.11 Å². The number of carboxylic acids is 1. The maximum Gasteiger partial charge on any atom is 0.351 e. The molecule has 1 heterocycles. The van der Waals surface area contributed by atoms with Crippen LogP contribution in [0.2, 0.25) is 0 Å². The number of rotatable bonds is 2. The smallest absolute Gasteiger partial charge is 0.351 e. The van der Waals surface area contributed by atoms with Crippen LogP contribution in [0.4, 0.5) is 0 Å². The van der Waals surface area contributed by atoms with Crippen LogP contribution in [-0.4, -0.2) is 23.4 Å². The van der Waals surface area contributed by atoms with E-state index in [9.17, 15) is 9.59 Å². The molecule has 1 aliphatic heterocycles. The summed E-state index contributed by atoms with van der Waals surface area (Å²) in [5.41, 5.74) is 0.795. The molecule has 0 aromatic heterocycles. The predicted octanol–water partition coefficient (Wildman–Crippen LogP) is 0.238. The molecule has 0 bridgehead atoms. The van der Waals surface area contributed by atoms with Gasteiger partial charge in [-0.05, 0) is 6.08 Å². The highest BCUT2D eigenvalue weighted by Gasteiger charge is 2.28. The lowest BCUT2D eigenvalue weighted by Crippen LogP contribution is -2.29. The van der Waals surface area contributed by atoms with Crippen molar-refractivity contribution in [2.45, 2.75) is 6.04 Å². The largest absolute Gasteiger partial charge is 0.477 e. The molecule has 4 nitrogen and oxygen atoms in total. The minimum Gasteiger partial charge on any atom is -0.477 e. The molecule has 0 amide bonds. The van der Waals surface area contributed by atoms with E-state index in [0.29, 0.717) is 5.57 Å². The van der Waals surface area contributed by atoms with Crippen molar-refractivity contribution in [2.75, 3.05) is 0 Å². The molecule has 0 saturated heterocycles. The molecule has 2 unspecified atom stereocenters. The highest BCUT2D eigenvalue weighted by atomic mass is 16.4. The van der Waals surface area contributed by atoms with Crippen LogP contribution in [0, 0.1) is 5.92 Å². The zero-order valence-electron chi connectivity index (χ0n) is 7.31. The number of carbonyl (C=O) groups is 2. The van der Waals surface area contributed by atoms with Crippen LogP contribution >= 0.6 is 0 Å². The van der Waals surface area contributed by atoms with Crippen LogP contribution in [0.15, 0.2) is 35.6 Å². The summed E-state index contributed by atoms with van der Waals surface area (Å²) in [7, 11) is 0. The van der Waals surface area contributed by atoms with Crippen LogP contribution in [-0.2, 0) is 9.59 Å². The van der Waals surface area contributed by atoms with Crippen molar-refractivity contribution >= 4 is 12.3 Å². The number of aldehydes is 1. The Morgan fingerprint density at radius 2 is 2.29 bits per heavy atom. The average molecular weight is 191 g/mol. The average Bonchev–Trinajstić information content (AvgIpc) is 2.59. The fourth-order valence-corrected chi connectivity index (χ4v) is 1.65. The fourth-order valence-electron chi connectivity index (χ4n) is 1.65. The van der Waals surface area contributed by atoms with E-state index < -0.39 is 5.97 Å². The van der Waals surface area contributed by atoms with Gasteiger partial charge < -0.3 is 10.4 Å². The predicted molar refractivity (Wildman–Crippen MR) is 49.4 cm³/mol. The lowest BCUT2D eigenvalue weighted by Gasteiger charge is -2.16. The molecule has 0 saturated carbocycles. The second-order valence-corrected chi connectivity index (χ2v) is 3.28. The number of allylic oxidation sites excluding steroid dienone is 2. The minimum absolute atomic E-state index is 0.0219. The van der Waals surface area contributed by atoms with E-state index in [2.05, 4.69) is 5.32 Å². The van der Waals surface area contributed by atoms with Gasteiger partial charge in [-0.1, -0.05) is 18.2 Å². The van der Waals surface area contributed by atoms with Crippen molar-refractivity contribution in [3.05, 3.63) is 35.6 Å². The molecule has 2 N–H and O–H groups in total. The zero-order valence-corrected chi connectivity index (χ0v) is 7.31. The Balaban J connectivity index is 2.25. The summed E-state index contributed by atoms with van der Waals surface area (Å²) in [6, 6.07) is -0.0233. The van der Waals surface area contributed by atoms with Gasteiger partial charge in [0.1, 0.15) is 12.0 Å². The molecule has 0 fully saturated rings. The molecular weight excluding hydrogens is 182 g/mol. The van der Waals surface area contributed by atoms with Gasteiger partial charge in [0.2, 0.25) is 0 Å². The first-order chi connectivity index (χ1) is 6.70. The second-order valence-electron chi connectivity index (χ2n) is 3.28. The van der Waals surface area contributed by atoms with Gasteiger partial charge >= 0.3 is 5.97 Å². The Bertz CT molecular complexity index is 379. The summed E-state index contributed by atoms with van der Waals surface area (Å²) in [5, 5.41) is 11.6. The molecule has 0 aromatic carbocycles. The van der Waals surface area contributed by atoms with E-state index in [-0.39, 0.29) is 17.7 Å². The number of hydrogen-bond acceptors (Lipinski definition) is 3. The summed E-state index contributed by atoms with van der Waals surface area (Å²) < 4.78 is 0. The normalized spacial score (nSPS) is 28.6. The molecule has 0 spiro atoms. The maximum absolute atomic E-state index is 10.7. The van der Waals surface area contributed by atoms with Crippen molar-refractivity contribution in [2.24, 2.45) is 5.92 Å². The Kier molecular flexibility index (Phi) is 1.96. The van der Waals surface area contributed by atoms with Crippen molar-refractivity contribution in [1.82, 2.24) is 5.32 Å². The van der Waals surface area contributed by atoms with E-state index in [1.807, 2.05) is 0 Å². The van der Waals surface area contributed by atoms with Gasteiger partial charge in [-0.3, -0.25) is 4.79 Å². The molecule has 2 rings (SSSR count). The first-order valence-electron chi connectivity index (χ1n) is 4.27. The summed E-state index contributed by atoms with van der Waals surface area (Å²) in [6.07, 6.45) is 7.65. The van der Waals surface area contributed by atoms with Crippen LogP contribution in [0.1, 0.15) is 0 Å². The van der Waals surface area contributed by atoms with Gasteiger partial charge in [-0.2, -0.15) is 0 Å². The zero-order chi connectivity index (χ0) is 10.1. The maximum atomic E-state index is 10.7. The third kappa shape index (κ3) is 1.35. The Hall–Kier alpha value is -1.84. The minimum atomic E-state index is -0.964. The van der Waals surface area contributed by atoms with Crippen LogP contribution in [0.3, 0.4) is 0 Å². The summed E-state index contributed by atoms with van der Waals surface area (Å²) in [4.78, 5) is 21.1. The lowest BCUT2D eigenvalue weighted by molar-refractivity contribution is -0.133. The van der Waals surface area contributed by atoms with Gasteiger partial charge in [0.25, 0.3) is 0 Å². The molecule has 2 atom stereocenters. The number of carbonyl (C=O) groups excluding carboxylic acids is 1. The summed E-state index contributed by atoms with van der Waals surface area (Å²) >= 11 is 0. The standard InChI is InChI=1S/C10H9NO3/c12-5-6-1-2-8-7(3-6)4-9(11-8)10(13)14/h1-5,7-8,11H,(H,13,14). The monoisotopic (exact) mass is 191 g/mol. The Morgan fingerprint density at radius 3 is 2.93 bits per heavy atom. The number of fused-ring (bicyclic) bond motifs is 1. The van der Waals surface area contributed by atoms with E-state index in [0.717, 1.165) is 6.29 Å². The van der Waals surface area contributed by atoms with Gasteiger partial charge in [0.05, 0.1) is 6.04 Å². The van der Waals surface area contributed by atoms with Crippen molar-refractivity contribution in [1.29, 1.82) is 0 Å². The molecule has 0 radical (unpaired) electrons. The molecule has 0 aromatic rings. The second kappa shape index (κ2) is 3.14. The number of aliphatic carboxylic acids is 1. The molecule has 72 valence electrons. The van der Waals surface area contributed by atoms with Crippen molar-refractivity contribution < 1.29 is 14.7 Å². The summed E-state index contributed by atoms with van der Waals surface area (Å²) in [6.45, 7) is 0. The van der Waals surface area contributed by atoms with E-state index in [1.54, 1.807) is 24.3 Å². The van der Waals surface area contributed by atoms with Gasteiger partial charge in [-0.25, -0.2) is 4.79 Å². The quantitative estimate of drug-likeness (QED) is 0.613. The van der Waals surface area contributed by atoms with E-state index in [1.165, 1.54) is 0 Å². The first kappa shape index (κ1) is 8.74. The Morgan fingerprint density at radius 1 is 1.50 bits per heavy atom. The van der Waals surface area contributed by atoms with Crippen LogP contribution < -0.4 is 5.32 Å². The highest BCUT2D eigenvalue weighted by molar-refractivity contribution is 5.87. The molecule has 2 aliphatic rings.